The lowest BCUT2D eigenvalue weighted by atomic mass is 10.1. The number of rotatable bonds is 11. The summed E-state index contributed by atoms with van der Waals surface area (Å²) in [4.78, 5) is 13.1. The van der Waals surface area contributed by atoms with E-state index in [9.17, 15) is 21.6 Å². The Balaban J connectivity index is 1.51. The Bertz CT molecular complexity index is 1780. The van der Waals surface area contributed by atoms with E-state index in [1.54, 1.807) is 42.5 Å². The highest BCUT2D eigenvalue weighted by Crippen LogP contribution is 2.27. The standard InChI is InChI=1S/C30H30ClN3O6S2/c1-4-40-27-13-8-25(9-14-27)33-41(36,37)28-17-10-24(11-18-28)32-30(35)20-34(26-12-5-21(2)22(3)19-26)42(38,39)29-15-6-23(31)7-16-29/h5-19,33H,4,20H2,1-3H3,(H,32,35). The van der Waals surface area contributed by atoms with Gasteiger partial charge in [0.15, 0.2) is 0 Å². The van der Waals surface area contributed by atoms with Gasteiger partial charge in [-0.25, -0.2) is 16.8 Å². The van der Waals surface area contributed by atoms with E-state index in [-0.39, 0.29) is 9.79 Å². The Morgan fingerprint density at radius 3 is 1.98 bits per heavy atom. The molecule has 0 atom stereocenters. The van der Waals surface area contributed by atoms with Gasteiger partial charge in [-0.15, -0.1) is 0 Å². The molecule has 0 bridgehead atoms. The first-order chi connectivity index (χ1) is 19.9. The van der Waals surface area contributed by atoms with Gasteiger partial charge in [-0.3, -0.25) is 13.8 Å². The van der Waals surface area contributed by atoms with Crippen molar-refractivity contribution >= 4 is 54.6 Å². The van der Waals surface area contributed by atoms with Crippen molar-refractivity contribution in [3.05, 3.63) is 107 Å². The second-order valence-corrected chi connectivity index (χ2v) is 13.4. The number of sulfonamides is 2. The Kier molecular flexibility index (Phi) is 9.45. The number of aryl methyl sites for hydroxylation is 2. The second-order valence-electron chi connectivity index (χ2n) is 9.37. The smallest absolute Gasteiger partial charge is 0.264 e. The summed E-state index contributed by atoms with van der Waals surface area (Å²) in [7, 11) is -8.03. The van der Waals surface area contributed by atoms with Gasteiger partial charge in [0.05, 0.1) is 22.1 Å². The average Bonchev–Trinajstić information content (AvgIpc) is 2.95. The molecule has 0 radical (unpaired) electrons. The summed E-state index contributed by atoms with van der Waals surface area (Å²) in [5, 5.41) is 3.03. The third-order valence-corrected chi connectivity index (χ3v) is 9.77. The van der Waals surface area contributed by atoms with Crippen molar-refractivity contribution in [1.82, 2.24) is 0 Å². The number of hydrogen-bond donors (Lipinski definition) is 2. The molecular formula is C30H30ClN3O6S2. The molecule has 4 aromatic rings. The van der Waals surface area contributed by atoms with Crippen molar-refractivity contribution in [1.29, 1.82) is 0 Å². The summed E-state index contributed by atoms with van der Waals surface area (Å²) in [6, 6.07) is 22.9. The van der Waals surface area contributed by atoms with Crippen molar-refractivity contribution in [3.8, 4) is 5.75 Å². The van der Waals surface area contributed by atoms with E-state index in [4.69, 9.17) is 16.3 Å². The first-order valence-corrected chi connectivity index (χ1v) is 16.2. The van der Waals surface area contributed by atoms with Crippen molar-refractivity contribution in [2.45, 2.75) is 30.6 Å². The van der Waals surface area contributed by atoms with E-state index in [0.29, 0.717) is 34.4 Å². The van der Waals surface area contributed by atoms with E-state index in [1.807, 2.05) is 20.8 Å². The molecule has 0 aliphatic carbocycles. The maximum Gasteiger partial charge on any atom is 0.264 e. The van der Waals surface area contributed by atoms with Gasteiger partial charge in [0.25, 0.3) is 20.0 Å². The first kappa shape index (κ1) is 30.9. The fourth-order valence-corrected chi connectivity index (χ4v) is 6.58. The van der Waals surface area contributed by atoms with Gasteiger partial charge < -0.3 is 10.1 Å². The highest BCUT2D eigenvalue weighted by molar-refractivity contribution is 7.93. The van der Waals surface area contributed by atoms with E-state index < -0.39 is 32.5 Å². The molecule has 0 aromatic heterocycles. The maximum atomic E-state index is 13.6. The fraction of sp³-hybridized carbons (Fsp3) is 0.167. The molecular weight excluding hydrogens is 598 g/mol. The molecule has 0 heterocycles. The van der Waals surface area contributed by atoms with Gasteiger partial charge in [-0.2, -0.15) is 0 Å². The summed E-state index contributed by atoms with van der Waals surface area (Å²) in [6.07, 6.45) is 0. The number of anilines is 3. The quantitative estimate of drug-likeness (QED) is 0.211. The van der Waals surface area contributed by atoms with Crippen LogP contribution < -0.4 is 19.1 Å². The molecule has 1 amide bonds. The van der Waals surface area contributed by atoms with Crippen LogP contribution in [0.25, 0.3) is 0 Å². The Morgan fingerprint density at radius 1 is 0.786 bits per heavy atom. The van der Waals surface area contributed by atoms with E-state index in [2.05, 4.69) is 10.0 Å². The highest BCUT2D eigenvalue weighted by atomic mass is 35.5. The van der Waals surface area contributed by atoms with Crippen LogP contribution in [0, 0.1) is 13.8 Å². The Hall–Kier alpha value is -4.06. The molecule has 12 heteroatoms. The highest BCUT2D eigenvalue weighted by Gasteiger charge is 2.27. The van der Waals surface area contributed by atoms with E-state index in [0.717, 1.165) is 15.4 Å². The van der Waals surface area contributed by atoms with Crippen molar-refractivity contribution in [3.63, 3.8) is 0 Å². The lowest BCUT2D eigenvalue weighted by Gasteiger charge is -2.25. The Morgan fingerprint density at radius 2 is 1.38 bits per heavy atom. The predicted molar refractivity (Wildman–Crippen MR) is 165 cm³/mol. The number of ether oxygens (including phenoxy) is 1. The van der Waals surface area contributed by atoms with Gasteiger partial charge in [0.2, 0.25) is 5.91 Å². The maximum absolute atomic E-state index is 13.6. The van der Waals surface area contributed by atoms with Crippen LogP contribution in [0.1, 0.15) is 18.1 Å². The van der Waals surface area contributed by atoms with Gasteiger partial charge in [0, 0.05) is 16.4 Å². The molecule has 220 valence electrons. The minimum absolute atomic E-state index is 0.0172. The number of hydrogen-bond acceptors (Lipinski definition) is 6. The SMILES string of the molecule is CCOc1ccc(NS(=O)(=O)c2ccc(NC(=O)CN(c3ccc(C)c(C)c3)S(=O)(=O)c3ccc(Cl)cc3)cc2)cc1. The first-order valence-electron chi connectivity index (χ1n) is 12.9. The monoisotopic (exact) mass is 627 g/mol. The number of nitrogens with one attached hydrogen (secondary N) is 2. The zero-order chi connectivity index (χ0) is 30.5. The van der Waals surface area contributed by atoms with Crippen molar-refractivity contribution in [2.24, 2.45) is 0 Å². The van der Waals surface area contributed by atoms with Gasteiger partial charge in [-0.1, -0.05) is 17.7 Å². The molecule has 0 aliphatic heterocycles. The summed E-state index contributed by atoms with van der Waals surface area (Å²) in [5.41, 5.74) is 2.82. The largest absolute Gasteiger partial charge is 0.494 e. The number of halogens is 1. The molecule has 42 heavy (non-hydrogen) atoms. The topological polar surface area (TPSA) is 122 Å². The minimum atomic E-state index is -4.13. The summed E-state index contributed by atoms with van der Waals surface area (Å²) in [5.74, 6) is 0.00599. The van der Waals surface area contributed by atoms with Crippen LogP contribution in [0.5, 0.6) is 5.75 Å². The lowest BCUT2D eigenvalue weighted by molar-refractivity contribution is -0.114. The molecule has 4 aromatic carbocycles. The lowest BCUT2D eigenvalue weighted by Crippen LogP contribution is -2.38. The van der Waals surface area contributed by atoms with Crippen LogP contribution in [0.4, 0.5) is 17.1 Å². The predicted octanol–water partition coefficient (Wildman–Crippen LogP) is 5.99. The van der Waals surface area contributed by atoms with Crippen LogP contribution in [-0.4, -0.2) is 35.9 Å². The van der Waals surface area contributed by atoms with Crippen LogP contribution in [0.2, 0.25) is 5.02 Å². The second kappa shape index (κ2) is 12.8. The number of benzene rings is 4. The van der Waals surface area contributed by atoms with Gasteiger partial charge in [-0.05, 0) is 117 Å². The zero-order valence-corrected chi connectivity index (χ0v) is 25.6. The van der Waals surface area contributed by atoms with Crippen LogP contribution in [-0.2, 0) is 24.8 Å². The van der Waals surface area contributed by atoms with Crippen molar-refractivity contribution in [2.75, 3.05) is 27.5 Å². The zero-order valence-electron chi connectivity index (χ0n) is 23.2. The molecule has 9 nitrogen and oxygen atoms in total. The van der Waals surface area contributed by atoms with Crippen LogP contribution >= 0.6 is 11.6 Å². The van der Waals surface area contributed by atoms with Crippen LogP contribution in [0.3, 0.4) is 0 Å². The number of carbonyl (C=O) groups is 1. The summed E-state index contributed by atoms with van der Waals surface area (Å²) < 4.78 is 61.8. The molecule has 2 N–H and O–H groups in total. The third kappa shape index (κ3) is 7.41. The van der Waals surface area contributed by atoms with Gasteiger partial charge >= 0.3 is 0 Å². The summed E-state index contributed by atoms with van der Waals surface area (Å²) >= 11 is 5.95. The average molecular weight is 628 g/mol. The van der Waals surface area contributed by atoms with Crippen molar-refractivity contribution < 1.29 is 26.4 Å². The normalized spacial score (nSPS) is 11.5. The van der Waals surface area contributed by atoms with E-state index in [1.165, 1.54) is 48.5 Å². The van der Waals surface area contributed by atoms with E-state index >= 15 is 0 Å². The molecule has 4 rings (SSSR count). The molecule has 0 spiro atoms. The van der Waals surface area contributed by atoms with Crippen LogP contribution in [0.15, 0.2) is 101 Å². The number of carbonyl (C=O) groups excluding carboxylic acids is 1. The third-order valence-electron chi connectivity index (χ3n) is 6.33. The minimum Gasteiger partial charge on any atom is -0.494 e. The summed E-state index contributed by atoms with van der Waals surface area (Å²) in [6.45, 7) is 5.59. The molecule has 0 saturated carbocycles. The molecule has 0 unspecified atom stereocenters. The number of amides is 1. The fourth-order valence-electron chi connectivity index (χ4n) is 3.98. The Labute approximate surface area is 251 Å². The number of nitrogens with zero attached hydrogens (tertiary/aromatic N) is 1. The molecule has 0 fully saturated rings. The molecule has 0 saturated heterocycles. The molecule has 0 aliphatic rings. The van der Waals surface area contributed by atoms with Gasteiger partial charge in [0.1, 0.15) is 12.3 Å².